The van der Waals surface area contributed by atoms with Gasteiger partial charge in [-0.05, 0) is 31.4 Å². The molecule has 0 aliphatic carbocycles. The van der Waals surface area contributed by atoms with E-state index in [1.54, 1.807) is 0 Å². The van der Waals surface area contributed by atoms with E-state index in [4.69, 9.17) is 0 Å². The largest absolute Gasteiger partial charge is 0.325 e. The van der Waals surface area contributed by atoms with Crippen molar-refractivity contribution in [2.45, 2.75) is 69.8 Å². The Hall–Kier alpha value is -0.220. The quantitative estimate of drug-likeness (QED) is 0.833. The Balaban J connectivity index is 1.93. The van der Waals surface area contributed by atoms with Crippen LogP contribution in [0, 0.1) is 0 Å². The van der Waals surface area contributed by atoms with Crippen molar-refractivity contribution in [3.8, 4) is 0 Å². The predicted molar refractivity (Wildman–Crippen MR) is 77.7 cm³/mol. The number of amides is 1. The lowest BCUT2D eigenvalue weighted by atomic mass is 10.1. The Morgan fingerprint density at radius 2 is 2.22 bits per heavy atom. The second-order valence-electron chi connectivity index (χ2n) is 5.41. The molecular formula is C14H26N2OS. The predicted octanol–water partition coefficient (Wildman–Crippen LogP) is 2.61. The van der Waals surface area contributed by atoms with Gasteiger partial charge in [-0.25, -0.2) is 0 Å². The van der Waals surface area contributed by atoms with Crippen LogP contribution in [0.3, 0.4) is 0 Å². The van der Waals surface area contributed by atoms with E-state index in [1.165, 1.54) is 25.0 Å². The highest BCUT2D eigenvalue weighted by Gasteiger charge is 2.38. The number of rotatable bonds is 5. The molecule has 0 spiro atoms. The van der Waals surface area contributed by atoms with Gasteiger partial charge < -0.3 is 4.90 Å². The zero-order valence-electron chi connectivity index (χ0n) is 11.7. The van der Waals surface area contributed by atoms with Gasteiger partial charge in [0.05, 0.1) is 12.2 Å². The second kappa shape index (κ2) is 6.80. The first-order valence-electron chi connectivity index (χ1n) is 7.44. The average molecular weight is 270 g/mol. The van der Waals surface area contributed by atoms with Gasteiger partial charge in [-0.2, -0.15) is 11.8 Å². The number of nitrogens with one attached hydrogen (secondary N) is 1. The van der Waals surface area contributed by atoms with E-state index in [2.05, 4.69) is 35.8 Å². The fourth-order valence-corrected chi connectivity index (χ4v) is 4.27. The Labute approximate surface area is 115 Å². The van der Waals surface area contributed by atoms with Crippen LogP contribution in [0.1, 0.15) is 52.4 Å². The van der Waals surface area contributed by atoms with Crippen LogP contribution < -0.4 is 5.32 Å². The molecule has 4 heteroatoms. The van der Waals surface area contributed by atoms with Gasteiger partial charge in [-0.1, -0.05) is 26.7 Å². The maximum atomic E-state index is 12.4. The summed E-state index contributed by atoms with van der Waals surface area (Å²) in [5.74, 6) is 1.62. The summed E-state index contributed by atoms with van der Waals surface area (Å²) in [4.78, 5) is 14.5. The van der Waals surface area contributed by atoms with E-state index in [0.29, 0.717) is 11.2 Å². The van der Waals surface area contributed by atoms with Crippen LogP contribution in [-0.2, 0) is 4.79 Å². The van der Waals surface area contributed by atoms with Gasteiger partial charge in [-0.15, -0.1) is 0 Å². The molecule has 0 bridgehead atoms. The molecule has 0 saturated carbocycles. The highest BCUT2D eigenvalue weighted by Crippen LogP contribution is 2.28. The van der Waals surface area contributed by atoms with E-state index in [0.717, 1.165) is 25.8 Å². The molecule has 2 saturated heterocycles. The first-order valence-corrected chi connectivity index (χ1v) is 8.49. The average Bonchev–Trinajstić information content (AvgIpc) is 2.69. The van der Waals surface area contributed by atoms with Crippen molar-refractivity contribution >= 4 is 17.7 Å². The van der Waals surface area contributed by atoms with Crippen LogP contribution in [0.2, 0.25) is 0 Å². The van der Waals surface area contributed by atoms with Crippen molar-refractivity contribution in [1.82, 2.24) is 10.2 Å². The second-order valence-corrected chi connectivity index (χ2v) is 6.82. The molecule has 0 radical (unpaired) electrons. The number of hydrogen-bond acceptors (Lipinski definition) is 3. The molecule has 1 amide bonds. The van der Waals surface area contributed by atoms with E-state index >= 15 is 0 Å². The minimum atomic E-state index is 0.0774. The molecule has 104 valence electrons. The smallest absolute Gasteiger partial charge is 0.241 e. The lowest BCUT2D eigenvalue weighted by Crippen LogP contribution is -2.41. The van der Waals surface area contributed by atoms with Crippen LogP contribution in [0.25, 0.3) is 0 Å². The molecule has 3 atom stereocenters. The van der Waals surface area contributed by atoms with E-state index in [-0.39, 0.29) is 12.2 Å². The molecule has 0 aromatic heterocycles. The summed E-state index contributed by atoms with van der Waals surface area (Å²) in [6.45, 7) is 5.27. The lowest BCUT2D eigenvalue weighted by Gasteiger charge is -2.29. The molecule has 1 N–H and O–H groups in total. The van der Waals surface area contributed by atoms with Crippen molar-refractivity contribution in [2.75, 3.05) is 12.3 Å². The summed E-state index contributed by atoms with van der Waals surface area (Å²) in [7, 11) is 0. The standard InChI is InChI=1S/C14H26N2OS/c1-3-7-12-14(17)16(13(4-2)15-12)10-11-8-5-6-9-18-11/h11-13,15H,3-10H2,1-2H3. The summed E-state index contributed by atoms with van der Waals surface area (Å²) in [5, 5.41) is 4.16. The maximum Gasteiger partial charge on any atom is 0.241 e. The minimum Gasteiger partial charge on any atom is -0.325 e. The topological polar surface area (TPSA) is 32.3 Å². The van der Waals surface area contributed by atoms with Crippen molar-refractivity contribution in [1.29, 1.82) is 0 Å². The van der Waals surface area contributed by atoms with Crippen molar-refractivity contribution in [3.63, 3.8) is 0 Å². The molecule has 3 nitrogen and oxygen atoms in total. The van der Waals surface area contributed by atoms with Crippen LogP contribution in [0.15, 0.2) is 0 Å². The molecule has 2 heterocycles. The number of thioether (sulfide) groups is 1. The van der Waals surface area contributed by atoms with Crippen LogP contribution in [0.5, 0.6) is 0 Å². The molecule has 3 unspecified atom stereocenters. The number of hydrogen-bond donors (Lipinski definition) is 1. The number of carbonyl (C=O) groups excluding carboxylic acids is 1. The van der Waals surface area contributed by atoms with E-state index in [9.17, 15) is 4.79 Å². The number of carbonyl (C=O) groups is 1. The van der Waals surface area contributed by atoms with E-state index < -0.39 is 0 Å². The molecule has 2 fully saturated rings. The third-order valence-corrected chi connectivity index (χ3v) is 5.37. The fourth-order valence-electron chi connectivity index (χ4n) is 2.97. The van der Waals surface area contributed by atoms with Crippen molar-refractivity contribution in [2.24, 2.45) is 0 Å². The third kappa shape index (κ3) is 3.21. The first-order chi connectivity index (χ1) is 8.76. The summed E-state index contributed by atoms with van der Waals surface area (Å²) in [6.07, 6.45) is 7.31. The van der Waals surface area contributed by atoms with Gasteiger partial charge >= 0.3 is 0 Å². The van der Waals surface area contributed by atoms with Gasteiger partial charge in [0.15, 0.2) is 0 Å². The van der Waals surface area contributed by atoms with Gasteiger partial charge in [0.1, 0.15) is 0 Å². The van der Waals surface area contributed by atoms with Crippen LogP contribution >= 0.6 is 11.8 Å². The van der Waals surface area contributed by atoms with Crippen LogP contribution in [0.4, 0.5) is 0 Å². The first kappa shape index (κ1) is 14.2. The Bertz CT molecular complexity index is 279. The van der Waals surface area contributed by atoms with Crippen LogP contribution in [-0.4, -0.2) is 40.6 Å². The van der Waals surface area contributed by atoms with Gasteiger partial charge in [0, 0.05) is 11.8 Å². The highest BCUT2D eigenvalue weighted by atomic mass is 32.2. The minimum absolute atomic E-state index is 0.0774. The summed E-state index contributed by atoms with van der Waals surface area (Å²) >= 11 is 2.06. The molecule has 2 aliphatic heterocycles. The molecule has 2 aliphatic rings. The van der Waals surface area contributed by atoms with E-state index in [1.807, 2.05) is 0 Å². The molecular weight excluding hydrogens is 244 g/mol. The van der Waals surface area contributed by atoms with Gasteiger partial charge in [0.25, 0.3) is 0 Å². The fraction of sp³-hybridized carbons (Fsp3) is 0.929. The SMILES string of the molecule is CCCC1NC(CC)N(CC2CCCCS2)C1=O. The van der Waals surface area contributed by atoms with Gasteiger partial charge in [0.2, 0.25) is 5.91 Å². The summed E-state index contributed by atoms with van der Waals surface area (Å²) in [5.41, 5.74) is 0. The number of nitrogens with zero attached hydrogens (tertiary/aromatic N) is 1. The molecule has 0 aromatic rings. The zero-order chi connectivity index (χ0) is 13.0. The Morgan fingerprint density at radius 3 is 2.83 bits per heavy atom. The monoisotopic (exact) mass is 270 g/mol. The highest BCUT2D eigenvalue weighted by molar-refractivity contribution is 7.99. The Morgan fingerprint density at radius 1 is 1.39 bits per heavy atom. The lowest BCUT2D eigenvalue weighted by molar-refractivity contribution is -0.130. The third-order valence-electron chi connectivity index (χ3n) is 3.99. The maximum absolute atomic E-state index is 12.4. The van der Waals surface area contributed by atoms with Crippen molar-refractivity contribution in [3.05, 3.63) is 0 Å². The zero-order valence-corrected chi connectivity index (χ0v) is 12.5. The molecule has 2 rings (SSSR count). The Kier molecular flexibility index (Phi) is 5.37. The van der Waals surface area contributed by atoms with Gasteiger partial charge in [-0.3, -0.25) is 10.1 Å². The molecule has 18 heavy (non-hydrogen) atoms. The van der Waals surface area contributed by atoms with Crippen molar-refractivity contribution < 1.29 is 4.79 Å². The summed E-state index contributed by atoms with van der Waals surface area (Å²) < 4.78 is 0. The normalized spacial score (nSPS) is 33.1. The molecule has 0 aromatic carbocycles. The summed E-state index contributed by atoms with van der Waals surface area (Å²) in [6, 6.07) is 0.0774.